The second-order valence-corrected chi connectivity index (χ2v) is 22.3. The fraction of sp³-hybridized carbons (Fsp3) is 0.350. The molecule has 8 nitrogen and oxygen atoms in total. The quantitative estimate of drug-likeness (QED) is 0.0208. The summed E-state index contributed by atoms with van der Waals surface area (Å²) >= 11 is 0. The van der Waals surface area contributed by atoms with E-state index in [4.69, 9.17) is 37.9 Å². The highest BCUT2D eigenvalue weighted by molar-refractivity contribution is 5.54. The van der Waals surface area contributed by atoms with Crippen LogP contribution >= 0.6 is 0 Å². The molecule has 0 N–H and O–H groups in total. The Morgan fingerprint density at radius 1 is 0.341 bits per heavy atom. The van der Waals surface area contributed by atoms with Gasteiger partial charge in [0.1, 0.15) is 0 Å². The smallest absolute Gasteiger partial charge is 0.188 e. The van der Waals surface area contributed by atoms with E-state index >= 15 is 0 Å². The van der Waals surface area contributed by atoms with Crippen molar-refractivity contribution in [2.24, 2.45) is 23.7 Å². The maximum absolute atomic E-state index is 5.58. The minimum atomic E-state index is 0.199. The lowest BCUT2D eigenvalue weighted by molar-refractivity contribution is -0.0323. The van der Waals surface area contributed by atoms with Crippen molar-refractivity contribution in [3.8, 4) is 47.4 Å². The maximum Gasteiger partial charge on any atom is 0.188 e. The van der Waals surface area contributed by atoms with Crippen LogP contribution in [0.25, 0.3) is 0 Å². The SMILES string of the molecule is C=COCOCc1ccc(C#Cc2ccc(C#Cc3ccc(CCC4CCC(COCOC=C)CC4)cc3)cc2CC)cc1.C=COCOCc1ccc(C#Cc2ccc(C#Cc3ccc(CCC4CCC(COCOC=C)CC4)cc3)cc2CC)cc1. The van der Waals surface area contributed by atoms with Crippen LogP contribution < -0.4 is 0 Å². The average molecular weight is 1180 g/mol. The fourth-order valence-corrected chi connectivity index (χ4v) is 10.9. The molecule has 0 spiro atoms. The van der Waals surface area contributed by atoms with Crippen LogP contribution in [0.1, 0.15) is 156 Å². The van der Waals surface area contributed by atoms with Gasteiger partial charge in [-0.1, -0.05) is 162 Å². The third-order valence-electron chi connectivity index (χ3n) is 16.1. The van der Waals surface area contributed by atoms with Gasteiger partial charge in [-0.15, -0.1) is 0 Å². The summed E-state index contributed by atoms with van der Waals surface area (Å²) in [6.45, 7) is 22.0. The van der Waals surface area contributed by atoms with Gasteiger partial charge in [0.05, 0.1) is 51.5 Å². The van der Waals surface area contributed by atoms with Crippen molar-refractivity contribution in [2.75, 3.05) is 40.4 Å². The van der Waals surface area contributed by atoms with E-state index in [2.05, 4.69) is 172 Å². The van der Waals surface area contributed by atoms with Gasteiger partial charge in [-0.25, -0.2) is 0 Å². The second kappa shape index (κ2) is 39.4. The Morgan fingerprint density at radius 2 is 0.625 bits per heavy atom. The van der Waals surface area contributed by atoms with Crippen molar-refractivity contribution in [3.05, 3.63) is 263 Å². The zero-order chi connectivity index (χ0) is 61.6. The Labute approximate surface area is 526 Å². The molecular formula is C80H88O8. The normalized spacial score (nSPS) is 15.7. The minimum Gasteiger partial charge on any atom is -0.476 e. The first kappa shape index (κ1) is 67.1. The Bertz CT molecular complexity index is 3110. The Balaban J connectivity index is 0.000000251. The first-order valence-corrected chi connectivity index (χ1v) is 31.2. The number of ether oxygens (including phenoxy) is 8. The molecule has 2 saturated carbocycles. The topological polar surface area (TPSA) is 73.8 Å². The van der Waals surface area contributed by atoms with Crippen molar-refractivity contribution in [1.29, 1.82) is 0 Å². The molecule has 0 aromatic heterocycles. The van der Waals surface area contributed by atoms with Crippen molar-refractivity contribution < 1.29 is 37.9 Å². The number of benzene rings is 6. The highest BCUT2D eigenvalue weighted by Crippen LogP contribution is 2.33. The van der Waals surface area contributed by atoms with Crippen molar-refractivity contribution in [1.82, 2.24) is 0 Å². The van der Waals surface area contributed by atoms with Gasteiger partial charge in [0.15, 0.2) is 27.2 Å². The van der Waals surface area contributed by atoms with Crippen molar-refractivity contribution in [3.63, 3.8) is 0 Å². The second-order valence-electron chi connectivity index (χ2n) is 22.3. The van der Waals surface area contributed by atoms with E-state index in [1.54, 1.807) is 0 Å². The molecule has 8 heteroatoms. The Morgan fingerprint density at radius 3 is 0.955 bits per heavy atom. The molecule has 88 heavy (non-hydrogen) atoms. The summed E-state index contributed by atoms with van der Waals surface area (Å²) in [7, 11) is 0. The summed E-state index contributed by atoms with van der Waals surface area (Å²) in [6.07, 6.45) is 22.3. The summed E-state index contributed by atoms with van der Waals surface area (Å²) in [4.78, 5) is 0. The van der Waals surface area contributed by atoms with Gasteiger partial charge < -0.3 is 37.9 Å². The van der Waals surface area contributed by atoms with Gasteiger partial charge in [0, 0.05) is 44.5 Å². The molecule has 0 amide bonds. The van der Waals surface area contributed by atoms with E-state index in [0.29, 0.717) is 38.6 Å². The third kappa shape index (κ3) is 24.7. The summed E-state index contributed by atoms with van der Waals surface area (Å²) in [5.74, 6) is 29.6. The number of hydrogen-bond acceptors (Lipinski definition) is 8. The van der Waals surface area contributed by atoms with Crippen molar-refractivity contribution >= 4 is 0 Å². The van der Waals surface area contributed by atoms with E-state index < -0.39 is 0 Å². The van der Waals surface area contributed by atoms with E-state index in [0.717, 1.165) is 106 Å². The molecule has 6 aromatic carbocycles. The highest BCUT2D eigenvalue weighted by atomic mass is 16.7. The molecule has 0 bridgehead atoms. The standard InChI is InChI=1S/2C40H44O4/c2*1-4-39-27-36(24-26-40(39)25-23-35-16-21-38(22-17-35)29-44-31-42-6-3)18-13-33-10-7-32(8-11-33)9-12-34-14-19-37(20-15-34)28-43-30-41-5-2/h2*5-8,10-11,16-17,21-22,24,26-27,34,37H,2-4,9,12,14-15,19-20,28-31H2,1H3. The van der Waals surface area contributed by atoms with E-state index in [1.807, 2.05) is 48.5 Å². The predicted molar refractivity (Wildman–Crippen MR) is 355 cm³/mol. The molecule has 0 heterocycles. The minimum absolute atomic E-state index is 0.199. The van der Waals surface area contributed by atoms with Crippen LogP contribution in [-0.2, 0) is 76.8 Å². The molecule has 0 saturated heterocycles. The lowest BCUT2D eigenvalue weighted by Gasteiger charge is -2.28. The van der Waals surface area contributed by atoms with Gasteiger partial charge in [-0.3, -0.25) is 0 Å². The molecule has 2 aliphatic carbocycles. The molecule has 0 unspecified atom stereocenters. The number of aryl methyl sites for hydroxylation is 4. The molecule has 8 rings (SSSR count). The predicted octanol–water partition coefficient (Wildman–Crippen LogP) is 17.1. The van der Waals surface area contributed by atoms with Crippen LogP contribution in [0.3, 0.4) is 0 Å². The molecule has 0 atom stereocenters. The Hall–Kier alpha value is -8.44. The molecule has 6 aromatic rings. The first-order valence-electron chi connectivity index (χ1n) is 31.2. The van der Waals surface area contributed by atoms with Crippen LogP contribution in [0.2, 0.25) is 0 Å². The third-order valence-corrected chi connectivity index (χ3v) is 16.1. The number of rotatable bonds is 28. The van der Waals surface area contributed by atoms with Crippen molar-refractivity contribution in [2.45, 2.75) is 117 Å². The largest absolute Gasteiger partial charge is 0.476 e. The van der Waals surface area contributed by atoms with Crippen LogP contribution in [0.15, 0.2) is 185 Å². The van der Waals surface area contributed by atoms with E-state index in [-0.39, 0.29) is 13.6 Å². The maximum atomic E-state index is 5.58. The van der Waals surface area contributed by atoms with Crippen LogP contribution in [0.4, 0.5) is 0 Å². The van der Waals surface area contributed by atoms with Gasteiger partial charge in [0.2, 0.25) is 0 Å². The van der Waals surface area contributed by atoms with Gasteiger partial charge in [0.25, 0.3) is 0 Å². The summed E-state index contributed by atoms with van der Waals surface area (Å²) in [6, 6.07) is 46.3. The monoisotopic (exact) mass is 1180 g/mol. The van der Waals surface area contributed by atoms with Crippen LogP contribution in [0, 0.1) is 71.0 Å². The molecule has 0 radical (unpaired) electrons. The summed E-state index contributed by atoms with van der Waals surface area (Å²) in [5, 5.41) is 0. The zero-order valence-electron chi connectivity index (χ0n) is 52.0. The van der Waals surface area contributed by atoms with Gasteiger partial charge >= 0.3 is 0 Å². The van der Waals surface area contributed by atoms with E-state index in [1.165, 1.54) is 112 Å². The van der Waals surface area contributed by atoms with Gasteiger partial charge in [-0.2, -0.15) is 0 Å². The first-order chi connectivity index (χ1) is 43.3. The lowest BCUT2D eigenvalue weighted by Crippen LogP contribution is -2.19. The average Bonchev–Trinajstić information content (AvgIpc) is 3.73. The van der Waals surface area contributed by atoms with Crippen LogP contribution in [-0.4, -0.2) is 40.4 Å². The van der Waals surface area contributed by atoms with Gasteiger partial charge in [-0.05, 0) is 206 Å². The fourth-order valence-electron chi connectivity index (χ4n) is 10.9. The summed E-state index contributed by atoms with van der Waals surface area (Å²) < 4.78 is 42.1. The van der Waals surface area contributed by atoms with E-state index in [9.17, 15) is 0 Å². The summed E-state index contributed by atoms with van der Waals surface area (Å²) in [5.41, 5.74) is 15.4. The molecular weight excluding hydrogens is 1090 g/mol. The Kier molecular flexibility index (Phi) is 30.0. The number of hydrogen-bond donors (Lipinski definition) is 0. The molecule has 2 fully saturated rings. The molecule has 456 valence electrons. The van der Waals surface area contributed by atoms with Crippen LogP contribution in [0.5, 0.6) is 0 Å². The highest BCUT2D eigenvalue weighted by Gasteiger charge is 2.22. The molecule has 0 aliphatic heterocycles. The lowest BCUT2D eigenvalue weighted by atomic mass is 9.80. The molecule has 2 aliphatic rings. The zero-order valence-corrected chi connectivity index (χ0v) is 52.0.